The average Bonchev–Trinajstić information content (AvgIpc) is 2.77. The Morgan fingerprint density at radius 3 is 2.74 bits per heavy atom. The van der Waals surface area contributed by atoms with E-state index in [1.54, 1.807) is 11.9 Å². The van der Waals surface area contributed by atoms with E-state index in [1.807, 2.05) is 12.1 Å². The Labute approximate surface area is 162 Å². The van der Waals surface area contributed by atoms with Gasteiger partial charge in [0.15, 0.2) is 5.84 Å². The molecule has 1 fully saturated rings. The van der Waals surface area contributed by atoms with Crippen LogP contribution in [0.3, 0.4) is 0 Å². The van der Waals surface area contributed by atoms with Crippen LogP contribution < -0.4 is 0 Å². The molecule has 2 heterocycles. The molecule has 1 aromatic carbocycles. The number of fused-ring (bicyclic) bond motifs is 1. The molecule has 0 unspecified atom stereocenters. The van der Waals surface area contributed by atoms with E-state index in [4.69, 9.17) is 4.99 Å². The largest absolute Gasteiger partial charge is 0.351 e. The number of likely N-dealkylation sites (N-methyl/N-ethyl adjacent to an activating group) is 1. The van der Waals surface area contributed by atoms with Crippen molar-refractivity contribution in [2.24, 2.45) is 10.4 Å². The Morgan fingerprint density at radius 1 is 1.26 bits per heavy atom. The second-order valence-electron chi connectivity index (χ2n) is 8.67. The number of nitrogens with zero attached hydrogens (tertiary/aromatic N) is 4. The number of benzene rings is 1. The summed E-state index contributed by atoms with van der Waals surface area (Å²) in [4.78, 5) is 22.2. The minimum absolute atomic E-state index is 0.235. The summed E-state index contributed by atoms with van der Waals surface area (Å²) in [6, 6.07) is 8.30. The van der Waals surface area contributed by atoms with Crippen molar-refractivity contribution in [1.29, 1.82) is 0 Å². The maximum atomic E-state index is 10.9. The number of amidine groups is 1. The summed E-state index contributed by atoms with van der Waals surface area (Å²) in [6.07, 6.45) is 6.19. The highest BCUT2D eigenvalue weighted by atomic mass is 16.1. The van der Waals surface area contributed by atoms with Crippen LogP contribution in [0.25, 0.3) is 5.70 Å². The van der Waals surface area contributed by atoms with Gasteiger partial charge in [-0.05, 0) is 23.5 Å². The quantitative estimate of drug-likeness (QED) is 0.748. The van der Waals surface area contributed by atoms with Gasteiger partial charge in [-0.3, -0.25) is 4.79 Å². The number of allylic oxidation sites excluding steroid dienone is 2. The van der Waals surface area contributed by atoms with Gasteiger partial charge in [0.2, 0.25) is 6.41 Å². The molecule has 0 radical (unpaired) electrons. The Morgan fingerprint density at radius 2 is 2.04 bits per heavy atom. The lowest BCUT2D eigenvalue weighted by Gasteiger charge is -2.27. The predicted octanol–water partition coefficient (Wildman–Crippen LogP) is 3.55. The van der Waals surface area contributed by atoms with Crippen LogP contribution in [0.15, 0.2) is 47.1 Å². The van der Waals surface area contributed by atoms with E-state index in [-0.39, 0.29) is 5.41 Å². The van der Waals surface area contributed by atoms with Crippen molar-refractivity contribution in [2.75, 3.05) is 27.3 Å². The molecular weight excluding hydrogens is 336 g/mol. The Hall–Kier alpha value is -2.56. The fourth-order valence-corrected chi connectivity index (χ4v) is 3.59. The molecule has 27 heavy (non-hydrogen) atoms. The highest BCUT2D eigenvalue weighted by Gasteiger charge is 2.31. The van der Waals surface area contributed by atoms with Gasteiger partial charge in [-0.1, -0.05) is 51.1 Å². The third-order valence-electron chi connectivity index (χ3n) is 4.66. The second kappa shape index (κ2) is 7.59. The van der Waals surface area contributed by atoms with Crippen molar-refractivity contribution in [3.05, 3.63) is 53.2 Å². The molecule has 0 atom stereocenters. The van der Waals surface area contributed by atoms with Gasteiger partial charge in [-0.15, -0.1) is 0 Å². The molecule has 2 aliphatic rings. The van der Waals surface area contributed by atoms with Gasteiger partial charge in [0.1, 0.15) is 0 Å². The van der Waals surface area contributed by atoms with E-state index in [0.717, 1.165) is 48.7 Å². The lowest BCUT2D eigenvalue weighted by molar-refractivity contribution is -0.117. The SMILES string of the molecule is CN(C=O)Cc1cccc(C2=CCC=C3C(=N2)N(C)CN3CC(C)(C)C)c1. The van der Waals surface area contributed by atoms with Crippen LogP contribution in [0.1, 0.15) is 38.3 Å². The first kappa shape index (κ1) is 19.2. The number of carbonyl (C=O) groups excluding carboxylic acids is 1. The maximum Gasteiger partial charge on any atom is 0.209 e. The van der Waals surface area contributed by atoms with Crippen molar-refractivity contribution < 1.29 is 4.79 Å². The van der Waals surface area contributed by atoms with Crippen LogP contribution in [0.5, 0.6) is 0 Å². The molecule has 1 aromatic rings. The zero-order valence-corrected chi connectivity index (χ0v) is 17.1. The predicted molar refractivity (Wildman–Crippen MR) is 111 cm³/mol. The number of rotatable bonds is 5. The van der Waals surface area contributed by atoms with Crippen molar-refractivity contribution >= 4 is 17.9 Å². The topological polar surface area (TPSA) is 39.2 Å². The van der Waals surface area contributed by atoms with Gasteiger partial charge in [0.05, 0.1) is 18.1 Å². The van der Waals surface area contributed by atoms with Crippen LogP contribution in [0.4, 0.5) is 0 Å². The van der Waals surface area contributed by atoms with Gasteiger partial charge in [0, 0.05) is 32.7 Å². The average molecular weight is 367 g/mol. The first-order valence-corrected chi connectivity index (χ1v) is 9.47. The molecule has 144 valence electrons. The van der Waals surface area contributed by atoms with Gasteiger partial charge in [-0.25, -0.2) is 4.99 Å². The van der Waals surface area contributed by atoms with Crippen LogP contribution in [0.2, 0.25) is 0 Å². The van der Waals surface area contributed by atoms with Gasteiger partial charge in [-0.2, -0.15) is 0 Å². The van der Waals surface area contributed by atoms with Gasteiger partial charge < -0.3 is 14.7 Å². The first-order valence-electron chi connectivity index (χ1n) is 9.47. The molecule has 1 saturated heterocycles. The van der Waals surface area contributed by atoms with Gasteiger partial charge >= 0.3 is 0 Å². The molecule has 0 saturated carbocycles. The summed E-state index contributed by atoms with van der Waals surface area (Å²) in [5.41, 5.74) is 4.66. The molecule has 0 aromatic heterocycles. The normalized spacial score (nSPS) is 17.0. The molecule has 0 bridgehead atoms. The molecule has 0 aliphatic carbocycles. The lowest BCUT2D eigenvalue weighted by Crippen LogP contribution is -2.31. The molecule has 0 N–H and O–H groups in total. The zero-order chi connectivity index (χ0) is 19.6. The zero-order valence-electron chi connectivity index (χ0n) is 17.1. The number of amides is 1. The summed E-state index contributed by atoms with van der Waals surface area (Å²) >= 11 is 0. The smallest absolute Gasteiger partial charge is 0.209 e. The molecule has 5 nitrogen and oxygen atoms in total. The lowest BCUT2D eigenvalue weighted by atomic mass is 9.96. The molecule has 5 heteroatoms. The van der Waals surface area contributed by atoms with Crippen molar-refractivity contribution in [2.45, 2.75) is 33.7 Å². The van der Waals surface area contributed by atoms with E-state index in [2.05, 4.69) is 61.9 Å². The highest BCUT2D eigenvalue weighted by molar-refractivity contribution is 6.03. The standard InChI is InChI=1S/C22H30N4O/c1-22(2,3)14-26-15-25(5)21-20(26)11-7-10-19(23-21)18-9-6-8-17(12-18)13-24(4)16-27/h6,8-12,16H,7,13-15H2,1-5H3. The Kier molecular flexibility index (Phi) is 5.40. The van der Waals surface area contributed by atoms with E-state index < -0.39 is 0 Å². The summed E-state index contributed by atoms with van der Waals surface area (Å²) in [5.74, 6) is 1.04. The summed E-state index contributed by atoms with van der Waals surface area (Å²) in [6.45, 7) is 9.29. The Bertz CT molecular complexity index is 801. The minimum atomic E-state index is 0.235. The highest BCUT2D eigenvalue weighted by Crippen LogP contribution is 2.30. The molecule has 2 aliphatic heterocycles. The molecule has 0 spiro atoms. The van der Waals surface area contributed by atoms with E-state index in [1.165, 1.54) is 5.70 Å². The van der Waals surface area contributed by atoms with E-state index in [0.29, 0.717) is 6.54 Å². The maximum absolute atomic E-state index is 10.9. The number of hydrogen-bond donors (Lipinski definition) is 0. The third kappa shape index (κ3) is 4.59. The molecule has 1 amide bonds. The summed E-state index contributed by atoms with van der Waals surface area (Å²) in [7, 11) is 3.89. The fraction of sp³-hybridized carbons (Fsp3) is 0.455. The van der Waals surface area contributed by atoms with Gasteiger partial charge in [0.25, 0.3) is 0 Å². The van der Waals surface area contributed by atoms with Crippen LogP contribution in [0, 0.1) is 5.41 Å². The van der Waals surface area contributed by atoms with Crippen molar-refractivity contribution in [3.63, 3.8) is 0 Å². The third-order valence-corrected chi connectivity index (χ3v) is 4.66. The molecular formula is C22H30N4O. The summed E-state index contributed by atoms with van der Waals surface area (Å²) in [5, 5.41) is 0. The van der Waals surface area contributed by atoms with Crippen molar-refractivity contribution in [3.8, 4) is 0 Å². The summed E-state index contributed by atoms with van der Waals surface area (Å²) < 4.78 is 0. The number of carbonyl (C=O) groups is 1. The molecule has 3 rings (SSSR count). The van der Waals surface area contributed by atoms with Crippen LogP contribution in [-0.4, -0.2) is 54.3 Å². The number of aliphatic imine (C=N–C) groups is 1. The van der Waals surface area contributed by atoms with Crippen LogP contribution >= 0.6 is 0 Å². The van der Waals surface area contributed by atoms with Crippen molar-refractivity contribution in [1.82, 2.24) is 14.7 Å². The first-order chi connectivity index (χ1) is 12.8. The Balaban J connectivity index is 1.86. The van der Waals surface area contributed by atoms with E-state index in [9.17, 15) is 4.79 Å². The fourth-order valence-electron chi connectivity index (χ4n) is 3.59. The minimum Gasteiger partial charge on any atom is -0.351 e. The van der Waals surface area contributed by atoms with Crippen LogP contribution in [-0.2, 0) is 11.3 Å². The second-order valence-corrected chi connectivity index (χ2v) is 8.67. The van der Waals surface area contributed by atoms with E-state index >= 15 is 0 Å². The monoisotopic (exact) mass is 366 g/mol. The number of hydrogen-bond acceptors (Lipinski definition) is 4.